The Bertz CT molecular complexity index is 571. The summed E-state index contributed by atoms with van der Waals surface area (Å²) in [5, 5.41) is 9.09. The molecule has 2 unspecified atom stereocenters. The summed E-state index contributed by atoms with van der Waals surface area (Å²) in [6.45, 7) is 5.81. The lowest BCUT2D eigenvalue weighted by Crippen LogP contribution is -2.38. The summed E-state index contributed by atoms with van der Waals surface area (Å²) < 4.78 is 5.65. The van der Waals surface area contributed by atoms with E-state index < -0.39 is 11.9 Å². The summed E-state index contributed by atoms with van der Waals surface area (Å²) in [7, 11) is 0. The van der Waals surface area contributed by atoms with Crippen LogP contribution in [0.2, 0.25) is 0 Å². The molecule has 1 N–H and O–H groups in total. The first-order valence-electron chi connectivity index (χ1n) is 8.08. The summed E-state index contributed by atoms with van der Waals surface area (Å²) in [4.78, 5) is 29.6. The number of hydrogen-bond donors (Lipinski definition) is 1. The highest BCUT2D eigenvalue weighted by atomic mass is 16.5. The molecule has 2 atom stereocenters. The topological polar surface area (TPSA) is 79.7 Å². The van der Waals surface area contributed by atoms with Crippen molar-refractivity contribution in [2.45, 2.75) is 52.2 Å². The zero-order valence-corrected chi connectivity index (χ0v) is 13.9. The van der Waals surface area contributed by atoms with Crippen LogP contribution in [0.5, 0.6) is 5.88 Å². The molecule has 1 aliphatic carbocycles. The third kappa shape index (κ3) is 4.68. The predicted molar refractivity (Wildman–Crippen MR) is 85.5 cm³/mol. The van der Waals surface area contributed by atoms with E-state index >= 15 is 0 Å². The molecule has 1 amide bonds. The first-order chi connectivity index (χ1) is 10.9. The quantitative estimate of drug-likeness (QED) is 0.796. The van der Waals surface area contributed by atoms with Crippen LogP contribution in [0.25, 0.3) is 0 Å². The molecule has 126 valence electrons. The van der Waals surface area contributed by atoms with E-state index in [1.165, 1.54) is 0 Å². The van der Waals surface area contributed by atoms with Gasteiger partial charge in [-0.15, -0.1) is 0 Å². The van der Waals surface area contributed by atoms with E-state index in [-0.39, 0.29) is 24.6 Å². The van der Waals surface area contributed by atoms with Gasteiger partial charge in [-0.3, -0.25) is 9.59 Å². The van der Waals surface area contributed by atoms with Crippen LogP contribution in [0.1, 0.15) is 50.4 Å². The summed E-state index contributed by atoms with van der Waals surface area (Å²) in [5.74, 6) is -1.21. The minimum atomic E-state index is -0.890. The number of rotatable bonds is 8. The normalized spacial score (nSPS) is 16.5. The van der Waals surface area contributed by atoms with Crippen LogP contribution in [0, 0.1) is 5.92 Å². The second-order valence-corrected chi connectivity index (χ2v) is 6.15. The minimum Gasteiger partial charge on any atom is -0.481 e. The zero-order chi connectivity index (χ0) is 17.0. The molecule has 1 saturated carbocycles. The Balaban J connectivity index is 2.13. The number of aliphatic carboxylic acids is 1. The smallest absolute Gasteiger partial charge is 0.308 e. The summed E-state index contributed by atoms with van der Waals surface area (Å²) in [5.41, 5.74) is 0.489. The maximum atomic E-state index is 12.7. The highest BCUT2D eigenvalue weighted by Gasteiger charge is 2.35. The molecule has 0 bridgehead atoms. The van der Waals surface area contributed by atoms with E-state index in [1.54, 1.807) is 30.2 Å². The van der Waals surface area contributed by atoms with Gasteiger partial charge in [-0.05, 0) is 32.3 Å². The van der Waals surface area contributed by atoms with E-state index in [9.17, 15) is 9.59 Å². The van der Waals surface area contributed by atoms with Crippen LogP contribution in [0.15, 0.2) is 18.3 Å². The average molecular weight is 320 g/mol. The molecular formula is C17H24N2O4. The molecule has 0 aromatic carbocycles. The molecule has 0 aliphatic heterocycles. The number of amides is 1. The highest BCUT2D eigenvalue weighted by Crippen LogP contribution is 2.29. The maximum Gasteiger partial charge on any atom is 0.308 e. The molecule has 1 fully saturated rings. The van der Waals surface area contributed by atoms with Crippen LogP contribution in [0.3, 0.4) is 0 Å². The number of carbonyl (C=O) groups is 2. The predicted octanol–water partition coefficient (Wildman–Crippen LogP) is 2.58. The van der Waals surface area contributed by atoms with Crippen LogP contribution in [0.4, 0.5) is 0 Å². The maximum absolute atomic E-state index is 12.7. The third-order valence-corrected chi connectivity index (χ3v) is 4.02. The molecule has 2 rings (SSSR count). The van der Waals surface area contributed by atoms with Gasteiger partial charge in [0.25, 0.3) is 5.91 Å². The van der Waals surface area contributed by atoms with Gasteiger partial charge in [-0.1, -0.05) is 13.8 Å². The second kappa shape index (κ2) is 7.44. The van der Waals surface area contributed by atoms with Crippen LogP contribution < -0.4 is 4.74 Å². The first-order valence-corrected chi connectivity index (χ1v) is 8.08. The fraction of sp³-hybridized carbons (Fsp3) is 0.588. The molecule has 6 nitrogen and oxygen atoms in total. The summed E-state index contributed by atoms with van der Waals surface area (Å²) in [6.07, 6.45) is 4.29. The summed E-state index contributed by atoms with van der Waals surface area (Å²) in [6, 6.07) is 3.43. The van der Waals surface area contributed by atoms with Crippen molar-refractivity contribution < 1.29 is 19.4 Å². The molecule has 1 aromatic heterocycles. The average Bonchev–Trinajstić information content (AvgIpc) is 3.36. The van der Waals surface area contributed by atoms with Gasteiger partial charge in [0, 0.05) is 30.4 Å². The number of carboxylic acids is 1. The molecule has 1 aromatic rings. The van der Waals surface area contributed by atoms with Gasteiger partial charge in [0.1, 0.15) is 0 Å². The molecular weight excluding hydrogens is 296 g/mol. The van der Waals surface area contributed by atoms with E-state index in [0.29, 0.717) is 11.4 Å². The SMILES string of the molecule is CCC(C)Oc1cc(C(=O)N(CC(C)C(=O)O)C2CC2)ccn1. The van der Waals surface area contributed by atoms with Crippen molar-refractivity contribution in [3.63, 3.8) is 0 Å². The van der Waals surface area contributed by atoms with Crippen LogP contribution in [-0.2, 0) is 4.79 Å². The van der Waals surface area contributed by atoms with Gasteiger partial charge < -0.3 is 14.7 Å². The van der Waals surface area contributed by atoms with Gasteiger partial charge >= 0.3 is 5.97 Å². The summed E-state index contributed by atoms with van der Waals surface area (Å²) >= 11 is 0. The van der Waals surface area contributed by atoms with Crippen LogP contribution >= 0.6 is 0 Å². The molecule has 0 saturated heterocycles. The first kappa shape index (κ1) is 17.2. The van der Waals surface area contributed by atoms with E-state index in [1.807, 2.05) is 13.8 Å². The molecule has 0 radical (unpaired) electrons. The van der Waals surface area contributed by atoms with E-state index in [2.05, 4.69) is 4.98 Å². The van der Waals surface area contributed by atoms with Crippen molar-refractivity contribution in [1.29, 1.82) is 0 Å². The molecule has 0 spiro atoms. The Morgan fingerprint density at radius 2 is 2.13 bits per heavy atom. The number of hydrogen-bond acceptors (Lipinski definition) is 4. The van der Waals surface area contributed by atoms with Crippen molar-refractivity contribution in [1.82, 2.24) is 9.88 Å². The largest absolute Gasteiger partial charge is 0.481 e. The second-order valence-electron chi connectivity index (χ2n) is 6.15. The number of nitrogens with zero attached hydrogens (tertiary/aromatic N) is 2. The molecule has 1 heterocycles. The Morgan fingerprint density at radius 1 is 1.43 bits per heavy atom. The van der Waals surface area contributed by atoms with Crippen molar-refractivity contribution in [3.05, 3.63) is 23.9 Å². The van der Waals surface area contributed by atoms with Gasteiger partial charge in [0.15, 0.2) is 0 Å². The fourth-order valence-electron chi connectivity index (χ4n) is 2.22. The van der Waals surface area contributed by atoms with E-state index in [0.717, 1.165) is 19.3 Å². The number of aromatic nitrogens is 1. The van der Waals surface area contributed by atoms with Gasteiger partial charge in [0.05, 0.1) is 12.0 Å². The number of pyridine rings is 1. The lowest BCUT2D eigenvalue weighted by molar-refractivity contribution is -0.141. The van der Waals surface area contributed by atoms with Gasteiger partial charge in [-0.2, -0.15) is 0 Å². The molecule has 23 heavy (non-hydrogen) atoms. The van der Waals surface area contributed by atoms with Crippen molar-refractivity contribution in [2.24, 2.45) is 5.92 Å². The fourth-order valence-corrected chi connectivity index (χ4v) is 2.22. The lowest BCUT2D eigenvalue weighted by atomic mass is 10.1. The lowest BCUT2D eigenvalue weighted by Gasteiger charge is -2.24. The highest BCUT2D eigenvalue weighted by molar-refractivity contribution is 5.95. The van der Waals surface area contributed by atoms with Crippen molar-refractivity contribution in [3.8, 4) is 5.88 Å². The van der Waals surface area contributed by atoms with Gasteiger partial charge in [-0.25, -0.2) is 4.98 Å². The van der Waals surface area contributed by atoms with Crippen molar-refractivity contribution >= 4 is 11.9 Å². The Labute approximate surface area is 136 Å². The van der Waals surface area contributed by atoms with Gasteiger partial charge in [0.2, 0.25) is 5.88 Å². The van der Waals surface area contributed by atoms with Crippen molar-refractivity contribution in [2.75, 3.05) is 6.54 Å². The minimum absolute atomic E-state index is 0.0272. The Kier molecular flexibility index (Phi) is 5.58. The Morgan fingerprint density at radius 3 is 2.70 bits per heavy atom. The number of carbonyl (C=O) groups excluding carboxylic acids is 1. The zero-order valence-electron chi connectivity index (χ0n) is 13.9. The van der Waals surface area contributed by atoms with Crippen LogP contribution in [-0.4, -0.2) is 45.6 Å². The monoisotopic (exact) mass is 320 g/mol. The third-order valence-electron chi connectivity index (χ3n) is 4.02. The molecule has 1 aliphatic rings. The molecule has 6 heteroatoms. The number of carboxylic acid groups (broad SMARTS) is 1. The standard InChI is InChI=1S/C17H24N2O4/c1-4-12(3)23-15-9-13(7-8-18-15)16(20)19(14-5-6-14)10-11(2)17(21)22/h7-9,11-12,14H,4-6,10H2,1-3H3,(H,21,22). The van der Waals surface area contributed by atoms with E-state index in [4.69, 9.17) is 9.84 Å². The number of ether oxygens (including phenoxy) is 1. The Hall–Kier alpha value is -2.11.